The number of oxime groups is 1. The first kappa shape index (κ1) is 17.7. The first-order valence-electron chi connectivity index (χ1n) is 9.66. The summed E-state index contributed by atoms with van der Waals surface area (Å²) in [5.74, 6) is 0. The van der Waals surface area contributed by atoms with Crippen molar-refractivity contribution in [2.24, 2.45) is 5.16 Å². The molecule has 27 heavy (non-hydrogen) atoms. The lowest BCUT2D eigenvalue weighted by Gasteiger charge is -2.46. The van der Waals surface area contributed by atoms with Gasteiger partial charge in [0.15, 0.2) is 0 Å². The van der Waals surface area contributed by atoms with Crippen LogP contribution in [-0.2, 0) is 11.4 Å². The van der Waals surface area contributed by atoms with Crippen LogP contribution in [0.25, 0.3) is 0 Å². The van der Waals surface area contributed by atoms with Crippen LogP contribution >= 0.6 is 0 Å². The average molecular weight is 363 g/mol. The van der Waals surface area contributed by atoms with E-state index in [2.05, 4.69) is 45.7 Å². The molecule has 4 rings (SSSR count). The first-order chi connectivity index (χ1) is 13.3. The Kier molecular flexibility index (Phi) is 5.49. The van der Waals surface area contributed by atoms with Crippen molar-refractivity contribution in [3.8, 4) is 0 Å². The fourth-order valence-electron chi connectivity index (χ4n) is 4.18. The van der Waals surface area contributed by atoms with Crippen LogP contribution in [0.4, 0.5) is 10.5 Å². The zero-order valence-electron chi connectivity index (χ0n) is 15.4. The molecule has 2 heterocycles. The molecule has 2 aliphatic rings. The van der Waals surface area contributed by atoms with E-state index in [1.54, 1.807) is 0 Å². The van der Waals surface area contributed by atoms with Gasteiger partial charge in [-0.15, -0.1) is 0 Å². The van der Waals surface area contributed by atoms with Crippen molar-refractivity contribution in [3.05, 3.63) is 66.2 Å². The van der Waals surface area contributed by atoms with Crippen LogP contribution in [0.1, 0.15) is 37.7 Å². The van der Waals surface area contributed by atoms with Crippen molar-refractivity contribution < 1.29 is 9.63 Å². The van der Waals surface area contributed by atoms with Gasteiger partial charge in [-0.05, 0) is 30.5 Å². The molecule has 1 N–H and O–H groups in total. The van der Waals surface area contributed by atoms with Gasteiger partial charge < -0.3 is 0 Å². The Morgan fingerprint density at radius 2 is 1.63 bits per heavy atom. The Balaban J connectivity index is 1.36. The number of hydrogen-bond donors (Lipinski definition) is 1. The molecule has 2 aromatic rings. The lowest BCUT2D eigenvalue weighted by Crippen LogP contribution is -2.51. The summed E-state index contributed by atoms with van der Waals surface area (Å²) in [6.07, 6.45) is 4.84. The van der Waals surface area contributed by atoms with Gasteiger partial charge in [0, 0.05) is 37.2 Å². The summed E-state index contributed by atoms with van der Waals surface area (Å²) in [5.41, 5.74) is 3.06. The summed E-state index contributed by atoms with van der Waals surface area (Å²) in [5, 5.41) is 6.88. The van der Waals surface area contributed by atoms with Gasteiger partial charge in [-0.2, -0.15) is 0 Å². The van der Waals surface area contributed by atoms with Gasteiger partial charge in [0.25, 0.3) is 0 Å². The van der Waals surface area contributed by atoms with Gasteiger partial charge in [-0.25, -0.2) is 4.79 Å². The fraction of sp³-hybridized carbons (Fsp3) is 0.364. The van der Waals surface area contributed by atoms with E-state index in [-0.39, 0.29) is 0 Å². The van der Waals surface area contributed by atoms with E-state index < -0.39 is 6.09 Å². The first-order valence-corrected chi connectivity index (χ1v) is 9.66. The molecule has 140 valence electrons. The number of hydrogen-bond acceptors (Lipinski definition) is 4. The summed E-state index contributed by atoms with van der Waals surface area (Å²) < 4.78 is 0. The van der Waals surface area contributed by atoms with Gasteiger partial charge in [0.2, 0.25) is 0 Å². The van der Waals surface area contributed by atoms with Crippen molar-refractivity contribution in [2.75, 3.05) is 5.32 Å². The standard InChI is InChI=1S/C22H25N3O2/c26-22(23-18-10-5-2-6-11-18)27-24-19-14-20-12-7-13-21(15-19)25(20)16-17-8-3-1-4-9-17/h1-6,8-11,20-21H,7,12-16H2,(H,23,26)/t20-,21+. The molecule has 0 aromatic heterocycles. The maximum Gasteiger partial charge on any atom is 0.437 e. The molecule has 2 aromatic carbocycles. The number of anilines is 1. The normalized spacial score (nSPS) is 23.8. The van der Waals surface area contributed by atoms with Crippen molar-refractivity contribution in [3.63, 3.8) is 0 Å². The predicted octanol–water partition coefficient (Wildman–Crippen LogP) is 4.81. The Bertz CT molecular complexity index is 776. The summed E-state index contributed by atoms with van der Waals surface area (Å²) in [6, 6.07) is 20.9. The van der Waals surface area contributed by atoms with Gasteiger partial charge >= 0.3 is 6.09 Å². The lowest BCUT2D eigenvalue weighted by molar-refractivity contribution is 0.0662. The Labute approximate surface area is 160 Å². The van der Waals surface area contributed by atoms with Crippen LogP contribution in [0.5, 0.6) is 0 Å². The second kappa shape index (κ2) is 8.35. The van der Waals surface area contributed by atoms with Crippen LogP contribution in [0.15, 0.2) is 65.8 Å². The van der Waals surface area contributed by atoms with Gasteiger partial charge in [0.1, 0.15) is 0 Å². The molecule has 2 bridgehead atoms. The molecule has 0 radical (unpaired) electrons. The van der Waals surface area contributed by atoms with E-state index in [9.17, 15) is 4.79 Å². The van der Waals surface area contributed by atoms with E-state index in [0.717, 1.165) is 25.1 Å². The minimum atomic E-state index is -0.537. The summed E-state index contributed by atoms with van der Waals surface area (Å²) in [4.78, 5) is 19.7. The van der Waals surface area contributed by atoms with Gasteiger partial charge in [-0.1, -0.05) is 60.1 Å². The number of amides is 1. The van der Waals surface area contributed by atoms with E-state index in [4.69, 9.17) is 4.84 Å². The quantitative estimate of drug-likeness (QED) is 0.626. The van der Waals surface area contributed by atoms with Crippen molar-refractivity contribution >= 4 is 17.5 Å². The largest absolute Gasteiger partial charge is 0.437 e. The highest BCUT2D eigenvalue weighted by atomic mass is 16.7. The predicted molar refractivity (Wildman–Crippen MR) is 107 cm³/mol. The molecule has 2 aliphatic heterocycles. The smallest absolute Gasteiger partial charge is 0.298 e. The maximum absolute atomic E-state index is 12.0. The topological polar surface area (TPSA) is 53.9 Å². The highest BCUT2D eigenvalue weighted by Gasteiger charge is 2.36. The molecule has 2 fully saturated rings. The average Bonchev–Trinajstić information content (AvgIpc) is 2.68. The maximum atomic E-state index is 12.0. The van der Waals surface area contributed by atoms with Gasteiger partial charge in [-0.3, -0.25) is 15.1 Å². The molecule has 0 aliphatic carbocycles. The van der Waals surface area contributed by atoms with E-state index in [1.807, 2.05) is 30.3 Å². The van der Waals surface area contributed by atoms with Crippen LogP contribution in [-0.4, -0.2) is 28.8 Å². The molecule has 2 saturated heterocycles. The second-order valence-corrected chi connectivity index (χ2v) is 7.33. The number of piperidine rings is 2. The number of nitrogens with zero attached hydrogens (tertiary/aromatic N) is 2. The molecule has 0 spiro atoms. The third kappa shape index (κ3) is 4.55. The monoisotopic (exact) mass is 363 g/mol. The Morgan fingerprint density at radius 1 is 1.00 bits per heavy atom. The molecule has 5 heteroatoms. The minimum Gasteiger partial charge on any atom is -0.298 e. The second-order valence-electron chi connectivity index (χ2n) is 7.33. The van der Waals surface area contributed by atoms with Crippen molar-refractivity contribution in [1.29, 1.82) is 0 Å². The molecule has 1 amide bonds. The highest BCUT2D eigenvalue weighted by Crippen LogP contribution is 2.34. The molecule has 0 unspecified atom stereocenters. The number of nitrogens with one attached hydrogen (secondary N) is 1. The lowest BCUT2D eigenvalue weighted by atomic mass is 9.83. The summed E-state index contributed by atoms with van der Waals surface area (Å²) in [7, 11) is 0. The minimum absolute atomic E-state index is 0.484. The van der Waals surface area contributed by atoms with Crippen LogP contribution in [0, 0.1) is 0 Å². The molecule has 2 atom stereocenters. The molecule has 0 saturated carbocycles. The van der Waals surface area contributed by atoms with E-state index in [1.165, 1.54) is 24.8 Å². The van der Waals surface area contributed by atoms with Crippen molar-refractivity contribution in [2.45, 2.75) is 50.7 Å². The third-order valence-electron chi connectivity index (χ3n) is 5.44. The number of para-hydroxylation sites is 1. The number of carbonyl (C=O) groups is 1. The van der Waals surface area contributed by atoms with Crippen LogP contribution in [0.3, 0.4) is 0 Å². The SMILES string of the molecule is O=C(Nc1ccccc1)ON=C1C[C@H]2CCC[C@@H](C1)N2Cc1ccccc1. The zero-order chi connectivity index (χ0) is 18.5. The van der Waals surface area contributed by atoms with Crippen LogP contribution in [0.2, 0.25) is 0 Å². The number of rotatable bonds is 4. The molecular weight excluding hydrogens is 338 g/mol. The fourth-order valence-corrected chi connectivity index (χ4v) is 4.18. The summed E-state index contributed by atoms with van der Waals surface area (Å²) in [6.45, 7) is 0.985. The Hall–Kier alpha value is -2.66. The molecular formula is C22H25N3O2. The van der Waals surface area contributed by atoms with Gasteiger partial charge in [0.05, 0.1) is 5.71 Å². The number of carbonyl (C=O) groups excluding carboxylic acids is 1. The Morgan fingerprint density at radius 3 is 2.30 bits per heavy atom. The third-order valence-corrected chi connectivity index (χ3v) is 5.44. The number of benzene rings is 2. The van der Waals surface area contributed by atoms with E-state index >= 15 is 0 Å². The molecule has 5 nitrogen and oxygen atoms in total. The highest BCUT2D eigenvalue weighted by molar-refractivity contribution is 5.88. The van der Waals surface area contributed by atoms with Crippen LogP contribution < -0.4 is 5.32 Å². The zero-order valence-corrected chi connectivity index (χ0v) is 15.4. The van der Waals surface area contributed by atoms with Crippen molar-refractivity contribution in [1.82, 2.24) is 4.90 Å². The number of fused-ring (bicyclic) bond motifs is 2. The van der Waals surface area contributed by atoms with E-state index in [0.29, 0.717) is 17.8 Å². The summed E-state index contributed by atoms with van der Waals surface area (Å²) >= 11 is 0.